The zero-order valence-corrected chi connectivity index (χ0v) is 8.98. The van der Waals surface area contributed by atoms with E-state index in [9.17, 15) is 0 Å². The molecule has 1 unspecified atom stereocenters. The van der Waals surface area contributed by atoms with E-state index in [2.05, 4.69) is 33.0 Å². The maximum absolute atomic E-state index is 5.39. The molecule has 0 spiro atoms. The van der Waals surface area contributed by atoms with Crippen molar-refractivity contribution < 1.29 is 0 Å². The van der Waals surface area contributed by atoms with E-state index in [0.717, 1.165) is 32.0 Å². The van der Waals surface area contributed by atoms with Crippen LogP contribution in [-0.2, 0) is 0 Å². The maximum Gasteiger partial charge on any atom is -0.00181 e. The fraction of sp³-hybridized carbons (Fsp3) is 1.00. The largest absolute Gasteiger partial charge is 0.330 e. The first-order valence-corrected chi connectivity index (χ1v) is 4.89. The van der Waals surface area contributed by atoms with Gasteiger partial charge < -0.3 is 11.1 Å². The lowest BCUT2D eigenvalue weighted by atomic mass is 9.82. The number of nitrogens with one attached hydrogen (secondary N) is 1. The SMILES string of the molecule is CC(CNCCCN)C(C)(C)C. The molecule has 3 N–H and O–H groups in total. The Morgan fingerprint density at radius 2 is 1.92 bits per heavy atom. The van der Waals surface area contributed by atoms with Gasteiger partial charge in [0, 0.05) is 0 Å². The minimum Gasteiger partial charge on any atom is -0.330 e. The molecular weight excluding hydrogens is 148 g/mol. The van der Waals surface area contributed by atoms with Gasteiger partial charge in [-0.3, -0.25) is 0 Å². The van der Waals surface area contributed by atoms with Crippen molar-refractivity contribution in [2.45, 2.75) is 34.1 Å². The molecule has 1 atom stereocenters. The molecule has 2 heteroatoms. The van der Waals surface area contributed by atoms with E-state index >= 15 is 0 Å². The fourth-order valence-corrected chi connectivity index (χ4v) is 0.852. The molecule has 0 radical (unpaired) electrons. The van der Waals surface area contributed by atoms with Crippen LogP contribution in [0.4, 0.5) is 0 Å². The van der Waals surface area contributed by atoms with Crippen molar-refractivity contribution in [2.75, 3.05) is 19.6 Å². The summed E-state index contributed by atoms with van der Waals surface area (Å²) in [6.07, 6.45) is 1.08. The van der Waals surface area contributed by atoms with E-state index < -0.39 is 0 Å². The van der Waals surface area contributed by atoms with Gasteiger partial charge in [0.15, 0.2) is 0 Å². The lowest BCUT2D eigenvalue weighted by Gasteiger charge is -2.27. The smallest absolute Gasteiger partial charge is 0.00181 e. The lowest BCUT2D eigenvalue weighted by molar-refractivity contribution is 0.253. The molecule has 2 nitrogen and oxygen atoms in total. The van der Waals surface area contributed by atoms with Crippen molar-refractivity contribution >= 4 is 0 Å². The van der Waals surface area contributed by atoms with Crippen LogP contribution in [0.3, 0.4) is 0 Å². The summed E-state index contributed by atoms with van der Waals surface area (Å²) in [7, 11) is 0. The summed E-state index contributed by atoms with van der Waals surface area (Å²) in [6.45, 7) is 12.1. The molecule has 0 aromatic heterocycles. The monoisotopic (exact) mass is 172 g/mol. The average molecular weight is 172 g/mol. The Balaban J connectivity index is 3.38. The molecule has 0 aromatic rings. The first-order chi connectivity index (χ1) is 5.48. The number of nitrogens with two attached hydrogens (primary N) is 1. The highest BCUT2D eigenvalue weighted by Crippen LogP contribution is 2.24. The second-order valence-corrected chi connectivity index (χ2v) is 4.61. The summed E-state index contributed by atoms with van der Waals surface area (Å²) in [6, 6.07) is 0. The number of hydrogen-bond donors (Lipinski definition) is 2. The molecule has 0 fully saturated rings. The van der Waals surface area contributed by atoms with Crippen molar-refractivity contribution in [1.29, 1.82) is 0 Å². The van der Waals surface area contributed by atoms with Crippen molar-refractivity contribution in [3.8, 4) is 0 Å². The number of hydrogen-bond acceptors (Lipinski definition) is 2. The zero-order chi connectivity index (χ0) is 9.61. The highest BCUT2D eigenvalue weighted by atomic mass is 14.9. The van der Waals surface area contributed by atoms with Crippen LogP contribution in [0.2, 0.25) is 0 Å². The summed E-state index contributed by atoms with van der Waals surface area (Å²) >= 11 is 0. The molecule has 0 saturated carbocycles. The molecule has 0 aromatic carbocycles. The van der Waals surface area contributed by atoms with Crippen molar-refractivity contribution in [3.63, 3.8) is 0 Å². The van der Waals surface area contributed by atoms with Crippen LogP contribution in [0, 0.1) is 11.3 Å². The molecule has 0 aliphatic carbocycles. The Morgan fingerprint density at radius 1 is 1.33 bits per heavy atom. The van der Waals surface area contributed by atoms with Gasteiger partial charge in [-0.05, 0) is 37.4 Å². The summed E-state index contributed by atoms with van der Waals surface area (Å²) in [5.74, 6) is 0.718. The van der Waals surface area contributed by atoms with Crippen molar-refractivity contribution in [2.24, 2.45) is 17.1 Å². The summed E-state index contributed by atoms with van der Waals surface area (Å²) < 4.78 is 0. The molecule has 0 bridgehead atoms. The summed E-state index contributed by atoms with van der Waals surface area (Å²) in [5.41, 5.74) is 5.80. The van der Waals surface area contributed by atoms with Gasteiger partial charge in [0.25, 0.3) is 0 Å². The van der Waals surface area contributed by atoms with Crippen LogP contribution in [0.25, 0.3) is 0 Å². The predicted octanol–water partition coefficient (Wildman–Crippen LogP) is 1.61. The van der Waals surface area contributed by atoms with Gasteiger partial charge in [-0.1, -0.05) is 27.7 Å². The number of rotatable bonds is 5. The Morgan fingerprint density at radius 3 is 2.33 bits per heavy atom. The second kappa shape index (κ2) is 5.55. The molecule has 0 rings (SSSR count). The Labute approximate surface area is 76.9 Å². The Hall–Kier alpha value is -0.0800. The van der Waals surface area contributed by atoms with Gasteiger partial charge >= 0.3 is 0 Å². The summed E-state index contributed by atoms with van der Waals surface area (Å²) in [4.78, 5) is 0. The van der Waals surface area contributed by atoms with Gasteiger partial charge in [-0.25, -0.2) is 0 Å². The first-order valence-electron chi connectivity index (χ1n) is 4.89. The highest BCUT2D eigenvalue weighted by molar-refractivity contribution is 4.71. The van der Waals surface area contributed by atoms with E-state index in [1.54, 1.807) is 0 Å². The van der Waals surface area contributed by atoms with E-state index in [0.29, 0.717) is 5.41 Å². The van der Waals surface area contributed by atoms with Crippen molar-refractivity contribution in [3.05, 3.63) is 0 Å². The van der Waals surface area contributed by atoms with E-state index in [1.165, 1.54) is 0 Å². The predicted molar refractivity (Wildman–Crippen MR) is 55.2 cm³/mol. The van der Waals surface area contributed by atoms with E-state index in [4.69, 9.17) is 5.73 Å². The van der Waals surface area contributed by atoms with Crippen LogP contribution in [-0.4, -0.2) is 19.6 Å². The Kier molecular flexibility index (Phi) is 5.51. The summed E-state index contributed by atoms with van der Waals surface area (Å²) in [5, 5.41) is 3.41. The third-order valence-corrected chi connectivity index (χ3v) is 2.49. The standard InChI is InChI=1S/C10H24N2/c1-9(10(2,3)4)8-12-7-5-6-11/h9,12H,5-8,11H2,1-4H3. The van der Waals surface area contributed by atoms with Gasteiger partial charge in [0.2, 0.25) is 0 Å². The van der Waals surface area contributed by atoms with Crippen LogP contribution in [0.5, 0.6) is 0 Å². The topological polar surface area (TPSA) is 38.0 Å². The van der Waals surface area contributed by atoms with Gasteiger partial charge in [-0.2, -0.15) is 0 Å². The van der Waals surface area contributed by atoms with Gasteiger partial charge in [0.1, 0.15) is 0 Å². The zero-order valence-electron chi connectivity index (χ0n) is 8.98. The third kappa shape index (κ3) is 5.56. The van der Waals surface area contributed by atoms with Crippen LogP contribution >= 0.6 is 0 Å². The van der Waals surface area contributed by atoms with Crippen molar-refractivity contribution in [1.82, 2.24) is 5.32 Å². The highest BCUT2D eigenvalue weighted by Gasteiger charge is 2.18. The van der Waals surface area contributed by atoms with Crippen LogP contribution < -0.4 is 11.1 Å². The minimum absolute atomic E-state index is 0.412. The van der Waals surface area contributed by atoms with E-state index in [1.807, 2.05) is 0 Å². The molecule has 74 valence electrons. The van der Waals surface area contributed by atoms with Crippen LogP contribution in [0.1, 0.15) is 34.1 Å². The molecule has 0 aliphatic rings. The lowest BCUT2D eigenvalue weighted by Crippen LogP contribution is -2.30. The van der Waals surface area contributed by atoms with E-state index in [-0.39, 0.29) is 0 Å². The minimum atomic E-state index is 0.412. The molecular formula is C10H24N2. The third-order valence-electron chi connectivity index (χ3n) is 2.49. The van der Waals surface area contributed by atoms with Crippen LogP contribution in [0.15, 0.2) is 0 Å². The van der Waals surface area contributed by atoms with Gasteiger partial charge in [0.05, 0.1) is 0 Å². The normalized spacial score (nSPS) is 14.8. The molecule has 0 amide bonds. The maximum atomic E-state index is 5.39. The Bertz CT molecular complexity index is 105. The second-order valence-electron chi connectivity index (χ2n) is 4.61. The molecule has 0 heterocycles. The molecule has 0 aliphatic heterocycles. The average Bonchev–Trinajstić information content (AvgIpc) is 1.96. The fourth-order valence-electron chi connectivity index (χ4n) is 0.852. The molecule has 12 heavy (non-hydrogen) atoms. The van der Waals surface area contributed by atoms with Gasteiger partial charge in [-0.15, -0.1) is 0 Å². The quantitative estimate of drug-likeness (QED) is 0.618. The molecule has 0 saturated heterocycles. The first kappa shape index (κ1) is 11.9.